The van der Waals surface area contributed by atoms with Crippen LogP contribution < -0.4 is 9.47 Å². The second-order valence-electron chi connectivity index (χ2n) is 2.55. The lowest BCUT2D eigenvalue weighted by Crippen LogP contribution is -2.16. The van der Waals surface area contributed by atoms with Crippen molar-refractivity contribution in [1.29, 1.82) is 0 Å². The van der Waals surface area contributed by atoms with E-state index in [0.29, 0.717) is 29.6 Å². The Hall–Kier alpha value is -0.750. The molecule has 0 amide bonds. The number of hydrogen-bond acceptors (Lipinski definition) is 5. The van der Waals surface area contributed by atoms with Gasteiger partial charge >= 0.3 is 5.97 Å². The monoisotopic (exact) mass is 278 g/mol. The second-order valence-corrected chi connectivity index (χ2v) is 4.89. The van der Waals surface area contributed by atoms with Crippen LogP contribution >= 0.6 is 27.3 Å². The molecule has 14 heavy (non-hydrogen) atoms. The van der Waals surface area contributed by atoms with Gasteiger partial charge in [-0.3, -0.25) is 0 Å². The standard InChI is InChI=1S/C8H7BrO4S/c1-11-8(10)6-4-5(7(9)14-6)13-3-2-12-4/h2-3H2,1H3. The summed E-state index contributed by atoms with van der Waals surface area (Å²) >= 11 is 4.56. The van der Waals surface area contributed by atoms with Crippen molar-refractivity contribution < 1.29 is 19.0 Å². The third-order valence-electron chi connectivity index (χ3n) is 1.73. The molecule has 0 radical (unpaired) electrons. The van der Waals surface area contributed by atoms with E-state index in [-0.39, 0.29) is 0 Å². The first-order valence-corrected chi connectivity index (χ1v) is 5.51. The Morgan fingerprint density at radius 3 is 2.71 bits per heavy atom. The molecule has 0 bridgehead atoms. The zero-order valence-electron chi connectivity index (χ0n) is 7.33. The van der Waals surface area contributed by atoms with Gasteiger partial charge in [0, 0.05) is 0 Å². The average Bonchev–Trinajstić information content (AvgIpc) is 2.56. The minimum absolute atomic E-state index is 0.401. The van der Waals surface area contributed by atoms with Crippen LogP contribution in [-0.2, 0) is 4.74 Å². The van der Waals surface area contributed by atoms with Crippen LogP contribution in [0.5, 0.6) is 11.5 Å². The van der Waals surface area contributed by atoms with Gasteiger partial charge in [0.1, 0.15) is 17.0 Å². The topological polar surface area (TPSA) is 44.8 Å². The number of carbonyl (C=O) groups excluding carboxylic acids is 1. The molecule has 0 aromatic carbocycles. The molecule has 0 spiro atoms. The molecule has 2 heterocycles. The molecule has 0 unspecified atom stereocenters. The quantitative estimate of drug-likeness (QED) is 0.738. The minimum Gasteiger partial charge on any atom is -0.484 e. The van der Waals surface area contributed by atoms with E-state index in [1.165, 1.54) is 18.4 Å². The van der Waals surface area contributed by atoms with E-state index < -0.39 is 5.97 Å². The van der Waals surface area contributed by atoms with Crippen molar-refractivity contribution in [3.8, 4) is 11.5 Å². The van der Waals surface area contributed by atoms with Crippen LogP contribution in [0.2, 0.25) is 0 Å². The molecule has 1 aromatic heterocycles. The van der Waals surface area contributed by atoms with E-state index in [2.05, 4.69) is 20.7 Å². The van der Waals surface area contributed by atoms with E-state index in [1.807, 2.05) is 0 Å². The highest BCUT2D eigenvalue weighted by atomic mass is 79.9. The zero-order valence-corrected chi connectivity index (χ0v) is 9.74. The molecule has 0 atom stereocenters. The summed E-state index contributed by atoms with van der Waals surface area (Å²) in [5, 5.41) is 0. The molecule has 1 aromatic rings. The summed E-state index contributed by atoms with van der Waals surface area (Å²) in [4.78, 5) is 11.8. The summed E-state index contributed by atoms with van der Waals surface area (Å²) in [6.45, 7) is 0.961. The van der Waals surface area contributed by atoms with Gasteiger partial charge in [-0.25, -0.2) is 4.79 Å². The molecule has 6 heteroatoms. The Labute approximate surface area is 92.9 Å². The van der Waals surface area contributed by atoms with Crippen molar-refractivity contribution in [1.82, 2.24) is 0 Å². The molecule has 0 aliphatic carbocycles. The first kappa shape index (κ1) is 9.79. The average molecular weight is 279 g/mol. The van der Waals surface area contributed by atoms with Crippen LogP contribution in [0.25, 0.3) is 0 Å². The van der Waals surface area contributed by atoms with Gasteiger partial charge in [0.2, 0.25) is 0 Å². The van der Waals surface area contributed by atoms with Crippen LogP contribution in [0.3, 0.4) is 0 Å². The van der Waals surface area contributed by atoms with Gasteiger partial charge in [0.15, 0.2) is 16.4 Å². The number of halogens is 1. The molecule has 2 rings (SSSR count). The maximum atomic E-state index is 11.3. The number of methoxy groups -OCH3 is 1. The van der Waals surface area contributed by atoms with Crippen LogP contribution in [-0.4, -0.2) is 26.3 Å². The first-order valence-electron chi connectivity index (χ1n) is 3.90. The third-order valence-corrected chi connectivity index (χ3v) is 3.50. The Morgan fingerprint density at radius 2 is 2.07 bits per heavy atom. The lowest BCUT2D eigenvalue weighted by molar-refractivity contribution is 0.0597. The van der Waals surface area contributed by atoms with Crippen LogP contribution in [0.15, 0.2) is 3.79 Å². The molecule has 0 N–H and O–H groups in total. The van der Waals surface area contributed by atoms with Crippen molar-refractivity contribution in [2.24, 2.45) is 0 Å². The number of thiophene rings is 1. The molecular formula is C8H7BrO4S. The Morgan fingerprint density at radius 1 is 1.43 bits per heavy atom. The number of esters is 1. The summed E-state index contributed by atoms with van der Waals surface area (Å²) in [6, 6.07) is 0. The second kappa shape index (κ2) is 3.78. The van der Waals surface area contributed by atoms with Gasteiger partial charge in [0.05, 0.1) is 7.11 Å². The predicted octanol–water partition coefficient (Wildman–Crippen LogP) is 2.07. The maximum absolute atomic E-state index is 11.3. The largest absolute Gasteiger partial charge is 0.484 e. The van der Waals surface area contributed by atoms with E-state index in [1.54, 1.807) is 0 Å². The Balaban J connectivity index is 2.46. The normalized spacial score (nSPS) is 13.9. The summed E-state index contributed by atoms with van der Waals surface area (Å²) < 4.78 is 16.1. The molecular weight excluding hydrogens is 272 g/mol. The van der Waals surface area contributed by atoms with E-state index >= 15 is 0 Å². The van der Waals surface area contributed by atoms with Crippen molar-refractivity contribution in [3.63, 3.8) is 0 Å². The Kier molecular flexibility index (Phi) is 2.64. The lowest BCUT2D eigenvalue weighted by Gasteiger charge is -2.15. The maximum Gasteiger partial charge on any atom is 0.352 e. The smallest absolute Gasteiger partial charge is 0.352 e. The van der Waals surface area contributed by atoms with Crippen molar-refractivity contribution in [3.05, 3.63) is 8.66 Å². The van der Waals surface area contributed by atoms with Crippen LogP contribution in [0, 0.1) is 0 Å². The van der Waals surface area contributed by atoms with Gasteiger partial charge < -0.3 is 14.2 Å². The number of rotatable bonds is 1. The van der Waals surface area contributed by atoms with Gasteiger partial charge in [-0.15, -0.1) is 11.3 Å². The van der Waals surface area contributed by atoms with E-state index in [0.717, 1.165) is 3.79 Å². The number of hydrogen-bond donors (Lipinski definition) is 0. The molecule has 0 saturated carbocycles. The van der Waals surface area contributed by atoms with Gasteiger partial charge in [-0.05, 0) is 15.9 Å². The summed E-state index contributed by atoms with van der Waals surface area (Å²) in [5.41, 5.74) is 0. The summed E-state index contributed by atoms with van der Waals surface area (Å²) in [5.74, 6) is 0.684. The number of ether oxygens (including phenoxy) is 3. The number of fused-ring (bicyclic) bond motifs is 1. The van der Waals surface area contributed by atoms with Gasteiger partial charge in [-0.1, -0.05) is 0 Å². The van der Waals surface area contributed by atoms with Crippen molar-refractivity contribution >= 4 is 33.2 Å². The molecule has 0 saturated heterocycles. The van der Waals surface area contributed by atoms with Gasteiger partial charge in [-0.2, -0.15) is 0 Å². The highest BCUT2D eigenvalue weighted by molar-refractivity contribution is 9.11. The number of carbonyl (C=O) groups is 1. The molecule has 4 nitrogen and oxygen atoms in total. The van der Waals surface area contributed by atoms with Crippen molar-refractivity contribution in [2.45, 2.75) is 0 Å². The zero-order chi connectivity index (χ0) is 10.1. The SMILES string of the molecule is COC(=O)c1sc(Br)c2c1OCCO2. The third kappa shape index (κ3) is 1.48. The predicted molar refractivity (Wildman–Crippen MR) is 54.3 cm³/mol. The van der Waals surface area contributed by atoms with Crippen molar-refractivity contribution in [2.75, 3.05) is 20.3 Å². The van der Waals surface area contributed by atoms with Crippen LogP contribution in [0.1, 0.15) is 9.67 Å². The minimum atomic E-state index is -0.401. The molecule has 1 aliphatic heterocycles. The summed E-state index contributed by atoms with van der Waals surface area (Å²) in [7, 11) is 1.34. The fourth-order valence-electron chi connectivity index (χ4n) is 1.14. The first-order chi connectivity index (χ1) is 6.74. The lowest BCUT2D eigenvalue weighted by atomic mass is 10.4. The molecule has 0 fully saturated rings. The molecule has 1 aliphatic rings. The van der Waals surface area contributed by atoms with Crippen LogP contribution in [0.4, 0.5) is 0 Å². The Bertz CT molecular complexity index is 374. The summed E-state index contributed by atoms with van der Waals surface area (Å²) in [6.07, 6.45) is 0. The fourth-order valence-corrected chi connectivity index (χ4v) is 2.76. The van der Waals surface area contributed by atoms with Gasteiger partial charge in [0.25, 0.3) is 0 Å². The van der Waals surface area contributed by atoms with E-state index in [9.17, 15) is 4.79 Å². The fraction of sp³-hybridized carbons (Fsp3) is 0.375. The highest BCUT2D eigenvalue weighted by Gasteiger charge is 2.27. The highest BCUT2D eigenvalue weighted by Crippen LogP contribution is 2.47. The molecule has 76 valence electrons. The van der Waals surface area contributed by atoms with E-state index in [4.69, 9.17) is 9.47 Å².